The molecule has 0 radical (unpaired) electrons. The number of nitrogens with zero attached hydrogens (tertiary/aromatic N) is 3. The van der Waals surface area contributed by atoms with E-state index in [0.717, 1.165) is 5.82 Å². The summed E-state index contributed by atoms with van der Waals surface area (Å²) in [6.45, 7) is 2.54. The Morgan fingerprint density at radius 2 is 2.10 bits per heavy atom. The van der Waals surface area contributed by atoms with Crippen LogP contribution in [0.1, 0.15) is 10.6 Å². The maximum Gasteiger partial charge on any atom is 0.289 e. The fraction of sp³-hybridized carbons (Fsp3) is 0.308. The third-order valence-electron chi connectivity index (χ3n) is 3.28. The maximum atomic E-state index is 12.1. The number of carbonyl (C=O) groups is 1. The van der Waals surface area contributed by atoms with Gasteiger partial charge < -0.3 is 19.2 Å². The fourth-order valence-electron chi connectivity index (χ4n) is 2.20. The van der Waals surface area contributed by atoms with Crippen LogP contribution >= 0.6 is 0 Å². The van der Waals surface area contributed by atoms with E-state index < -0.39 is 0 Å². The molecule has 0 atom stereocenters. The largest absolute Gasteiger partial charge is 0.459 e. The molecule has 0 saturated carbocycles. The molecule has 3 heterocycles. The van der Waals surface area contributed by atoms with Crippen LogP contribution in [0.5, 0.6) is 0 Å². The van der Waals surface area contributed by atoms with Gasteiger partial charge in [-0.25, -0.2) is 4.98 Å². The summed E-state index contributed by atoms with van der Waals surface area (Å²) in [4.78, 5) is 33.5. The van der Waals surface area contributed by atoms with Crippen molar-refractivity contribution < 1.29 is 9.21 Å². The molecule has 0 unspecified atom stereocenters. The van der Waals surface area contributed by atoms with Gasteiger partial charge in [0.25, 0.3) is 11.5 Å². The minimum atomic E-state index is -0.222. The molecule has 0 aliphatic carbocycles. The summed E-state index contributed by atoms with van der Waals surface area (Å²) in [6, 6.07) is 3.37. The second kappa shape index (κ2) is 5.20. The van der Waals surface area contributed by atoms with Gasteiger partial charge in [0.15, 0.2) is 5.76 Å². The van der Waals surface area contributed by atoms with E-state index >= 15 is 0 Å². The predicted octanol–water partition coefficient (Wildman–Crippen LogP) is 0.325. The topological polar surface area (TPSA) is 82.4 Å². The van der Waals surface area contributed by atoms with Gasteiger partial charge in [-0.05, 0) is 12.1 Å². The van der Waals surface area contributed by atoms with Crippen LogP contribution in [0.25, 0.3) is 0 Å². The van der Waals surface area contributed by atoms with E-state index in [1.807, 2.05) is 4.90 Å². The Morgan fingerprint density at radius 3 is 2.70 bits per heavy atom. The van der Waals surface area contributed by atoms with E-state index in [1.165, 1.54) is 12.5 Å². The monoisotopic (exact) mass is 274 g/mol. The third-order valence-corrected chi connectivity index (χ3v) is 3.28. The number of hydrogen-bond acceptors (Lipinski definition) is 5. The van der Waals surface area contributed by atoms with E-state index in [2.05, 4.69) is 9.97 Å². The number of rotatable bonds is 2. The lowest BCUT2D eigenvalue weighted by molar-refractivity contribution is 0.0714. The third kappa shape index (κ3) is 2.42. The molecule has 0 aromatic carbocycles. The molecule has 1 aliphatic heterocycles. The second-order valence-corrected chi connectivity index (χ2v) is 4.53. The van der Waals surface area contributed by atoms with Crippen molar-refractivity contribution in [3.63, 3.8) is 0 Å². The summed E-state index contributed by atoms with van der Waals surface area (Å²) in [7, 11) is 0. The van der Waals surface area contributed by atoms with Crippen LogP contribution in [0.3, 0.4) is 0 Å². The lowest BCUT2D eigenvalue weighted by atomic mass is 10.3. The van der Waals surface area contributed by atoms with Gasteiger partial charge in [-0.3, -0.25) is 9.59 Å². The van der Waals surface area contributed by atoms with Gasteiger partial charge in [-0.2, -0.15) is 0 Å². The zero-order valence-electron chi connectivity index (χ0n) is 10.8. The van der Waals surface area contributed by atoms with Crippen LogP contribution in [0.4, 0.5) is 5.82 Å². The number of nitrogens with one attached hydrogen (secondary N) is 1. The van der Waals surface area contributed by atoms with Crippen LogP contribution < -0.4 is 10.5 Å². The lowest BCUT2D eigenvalue weighted by Gasteiger charge is -2.34. The average Bonchev–Trinajstić information content (AvgIpc) is 3.02. The Labute approximate surface area is 114 Å². The number of aromatic nitrogens is 2. The van der Waals surface area contributed by atoms with Crippen LogP contribution in [0.2, 0.25) is 0 Å². The van der Waals surface area contributed by atoms with Crippen molar-refractivity contribution in [1.82, 2.24) is 14.9 Å². The Kier molecular flexibility index (Phi) is 3.24. The molecule has 0 bridgehead atoms. The Bertz CT molecular complexity index is 621. The first kappa shape index (κ1) is 12.5. The number of anilines is 1. The number of aromatic amines is 1. The van der Waals surface area contributed by atoms with Gasteiger partial charge >= 0.3 is 0 Å². The number of H-pyrrole nitrogens is 1. The van der Waals surface area contributed by atoms with Crippen molar-refractivity contribution in [1.29, 1.82) is 0 Å². The molecule has 1 fully saturated rings. The van der Waals surface area contributed by atoms with E-state index in [-0.39, 0.29) is 11.5 Å². The van der Waals surface area contributed by atoms with Crippen molar-refractivity contribution in [3.05, 3.63) is 46.9 Å². The Morgan fingerprint density at radius 1 is 1.30 bits per heavy atom. The highest BCUT2D eigenvalue weighted by Gasteiger charge is 2.24. The molecular weight excluding hydrogens is 260 g/mol. The number of piperazine rings is 1. The number of carbonyl (C=O) groups excluding carboxylic acids is 1. The number of amides is 1. The van der Waals surface area contributed by atoms with Gasteiger partial charge in [0.2, 0.25) is 0 Å². The van der Waals surface area contributed by atoms with E-state index in [1.54, 1.807) is 23.2 Å². The molecule has 7 nitrogen and oxygen atoms in total. The molecule has 7 heteroatoms. The predicted molar refractivity (Wildman–Crippen MR) is 71.7 cm³/mol. The van der Waals surface area contributed by atoms with Crippen molar-refractivity contribution in [2.75, 3.05) is 31.1 Å². The van der Waals surface area contributed by atoms with E-state index in [4.69, 9.17) is 4.42 Å². The van der Waals surface area contributed by atoms with Gasteiger partial charge in [-0.1, -0.05) is 0 Å². The fourth-order valence-corrected chi connectivity index (χ4v) is 2.20. The van der Waals surface area contributed by atoms with Crippen molar-refractivity contribution >= 4 is 11.7 Å². The van der Waals surface area contributed by atoms with Crippen LogP contribution in [-0.4, -0.2) is 47.0 Å². The molecule has 20 heavy (non-hydrogen) atoms. The van der Waals surface area contributed by atoms with Crippen molar-refractivity contribution in [3.8, 4) is 0 Å². The first-order valence-corrected chi connectivity index (χ1v) is 6.36. The van der Waals surface area contributed by atoms with Gasteiger partial charge in [-0.15, -0.1) is 0 Å². The van der Waals surface area contributed by atoms with Crippen LogP contribution in [0, 0.1) is 0 Å². The zero-order chi connectivity index (χ0) is 13.9. The first-order valence-electron chi connectivity index (χ1n) is 6.36. The SMILES string of the molecule is O=C(c1ccco1)N1CCN(c2c[nH]c(=O)cn2)CC1. The van der Waals surface area contributed by atoms with Gasteiger partial charge in [0.05, 0.1) is 12.5 Å². The molecule has 104 valence electrons. The summed E-state index contributed by atoms with van der Waals surface area (Å²) >= 11 is 0. The standard InChI is InChI=1S/C13H14N4O3/c18-12-9-14-11(8-15-12)16-3-5-17(6-4-16)13(19)10-2-1-7-20-10/h1-2,7-9H,3-6H2,(H,15,18). The molecule has 1 saturated heterocycles. The molecule has 1 amide bonds. The number of furan rings is 1. The molecule has 2 aromatic rings. The molecule has 0 spiro atoms. The van der Waals surface area contributed by atoms with Crippen molar-refractivity contribution in [2.24, 2.45) is 0 Å². The average molecular weight is 274 g/mol. The minimum Gasteiger partial charge on any atom is -0.459 e. The maximum absolute atomic E-state index is 12.1. The lowest BCUT2D eigenvalue weighted by Crippen LogP contribution is -2.49. The smallest absolute Gasteiger partial charge is 0.289 e. The molecule has 2 aromatic heterocycles. The van der Waals surface area contributed by atoms with Crippen molar-refractivity contribution in [2.45, 2.75) is 0 Å². The summed E-state index contributed by atoms with van der Waals surface area (Å²) in [5.41, 5.74) is -0.222. The second-order valence-electron chi connectivity index (χ2n) is 4.53. The molecule has 1 aliphatic rings. The quantitative estimate of drug-likeness (QED) is 0.853. The van der Waals surface area contributed by atoms with E-state index in [9.17, 15) is 9.59 Å². The number of hydrogen-bond donors (Lipinski definition) is 1. The normalized spacial score (nSPS) is 15.4. The van der Waals surface area contributed by atoms with Gasteiger partial charge in [0.1, 0.15) is 5.82 Å². The Balaban J connectivity index is 1.63. The summed E-state index contributed by atoms with van der Waals surface area (Å²) in [5.74, 6) is 0.986. The Hall–Kier alpha value is -2.57. The highest BCUT2D eigenvalue weighted by atomic mass is 16.3. The van der Waals surface area contributed by atoms with Gasteiger partial charge in [0, 0.05) is 32.4 Å². The molecular formula is C13H14N4O3. The van der Waals surface area contributed by atoms with Crippen LogP contribution in [0.15, 0.2) is 40.0 Å². The summed E-state index contributed by atoms with van der Waals surface area (Å²) in [5, 5.41) is 0. The van der Waals surface area contributed by atoms with E-state index in [0.29, 0.717) is 31.9 Å². The summed E-state index contributed by atoms with van der Waals surface area (Å²) in [6.07, 6.45) is 4.34. The molecule has 1 N–H and O–H groups in total. The molecule has 3 rings (SSSR count). The first-order chi connectivity index (χ1) is 9.74. The van der Waals surface area contributed by atoms with Crippen LogP contribution in [-0.2, 0) is 0 Å². The zero-order valence-corrected chi connectivity index (χ0v) is 10.8. The summed E-state index contributed by atoms with van der Waals surface area (Å²) < 4.78 is 5.12. The highest BCUT2D eigenvalue weighted by molar-refractivity contribution is 5.91. The minimum absolute atomic E-state index is 0.0934. The highest BCUT2D eigenvalue weighted by Crippen LogP contribution is 2.13.